The Morgan fingerprint density at radius 1 is 0.930 bits per heavy atom. The normalized spacial score (nSPS) is 12.7. The number of hydrogen-bond acceptors (Lipinski definition) is 6. The quantitative estimate of drug-likeness (QED) is 0.138. The van der Waals surface area contributed by atoms with Crippen molar-refractivity contribution in [1.29, 1.82) is 0 Å². The first-order valence-electron chi connectivity index (χ1n) is 12.7. The average Bonchev–Trinajstić information content (AvgIpc) is 3.45. The van der Waals surface area contributed by atoms with Crippen LogP contribution in [0.2, 0.25) is 0 Å². The van der Waals surface area contributed by atoms with Gasteiger partial charge in [-0.15, -0.1) is 10.2 Å². The van der Waals surface area contributed by atoms with E-state index in [0.717, 1.165) is 24.4 Å². The van der Waals surface area contributed by atoms with Gasteiger partial charge >= 0.3 is 6.18 Å². The maximum atomic E-state index is 14.9. The van der Waals surface area contributed by atoms with Crippen molar-refractivity contribution in [2.45, 2.75) is 26.1 Å². The standard InChI is InChI=1S/C29H19F6N7O/c1-14(39-25-4-3-17(30)8-24(25)29(33,34)35)20-5-18(31)6-23-22(20)9-26(41-13-38-40-28(23)41)16-10-36-27(37-11-16)21-7-19(32)12-42(43)15(21)2/h3-14,39H,1-2H3/t14-/m1/s1. The molecule has 0 amide bonds. The predicted octanol–water partition coefficient (Wildman–Crippen LogP) is 6.56. The van der Waals surface area contributed by atoms with Crippen molar-refractivity contribution in [1.82, 2.24) is 24.6 Å². The van der Waals surface area contributed by atoms with Crippen LogP contribution in [-0.2, 0) is 6.18 Å². The molecule has 218 valence electrons. The van der Waals surface area contributed by atoms with Gasteiger partial charge in [0, 0.05) is 42.0 Å². The monoisotopic (exact) mass is 595 g/mol. The van der Waals surface area contributed by atoms with Crippen LogP contribution in [0.25, 0.3) is 39.1 Å². The van der Waals surface area contributed by atoms with Crippen LogP contribution in [-0.4, -0.2) is 24.6 Å². The number of benzene rings is 2. The Morgan fingerprint density at radius 3 is 2.40 bits per heavy atom. The third-order valence-corrected chi connectivity index (χ3v) is 7.06. The summed E-state index contributed by atoms with van der Waals surface area (Å²) >= 11 is 0. The number of pyridine rings is 2. The summed E-state index contributed by atoms with van der Waals surface area (Å²) in [5.41, 5.74) is 0.297. The lowest BCUT2D eigenvalue weighted by atomic mass is 9.97. The lowest BCUT2D eigenvalue weighted by molar-refractivity contribution is -0.613. The van der Waals surface area contributed by atoms with Crippen LogP contribution in [0.4, 0.5) is 32.0 Å². The smallest absolute Gasteiger partial charge is 0.418 e. The second kappa shape index (κ2) is 10.2. The van der Waals surface area contributed by atoms with E-state index in [1.165, 1.54) is 37.8 Å². The Balaban J connectivity index is 1.47. The lowest BCUT2D eigenvalue weighted by Crippen LogP contribution is -2.31. The van der Waals surface area contributed by atoms with E-state index in [9.17, 15) is 31.5 Å². The SMILES string of the molecule is Cc1c(-c2ncc(-c3cc4c([C@@H](C)Nc5ccc(F)cc5C(F)(F)F)cc(F)cc4c4nncn34)cn2)cc(F)c[n+]1[O-]. The first-order chi connectivity index (χ1) is 20.4. The van der Waals surface area contributed by atoms with E-state index in [4.69, 9.17) is 0 Å². The molecule has 2 aromatic carbocycles. The Hall–Kier alpha value is -5.27. The number of alkyl halides is 3. The molecule has 43 heavy (non-hydrogen) atoms. The summed E-state index contributed by atoms with van der Waals surface area (Å²) in [5, 5.41) is 23.6. The number of anilines is 1. The van der Waals surface area contributed by atoms with Gasteiger partial charge in [-0.1, -0.05) is 0 Å². The number of nitrogens with zero attached hydrogens (tertiary/aromatic N) is 6. The summed E-state index contributed by atoms with van der Waals surface area (Å²) in [4.78, 5) is 8.63. The molecule has 0 spiro atoms. The van der Waals surface area contributed by atoms with E-state index in [0.29, 0.717) is 38.4 Å². The van der Waals surface area contributed by atoms with E-state index in [2.05, 4.69) is 25.5 Å². The molecule has 0 aliphatic heterocycles. The second-order valence-corrected chi connectivity index (χ2v) is 9.84. The van der Waals surface area contributed by atoms with E-state index in [1.54, 1.807) is 17.4 Å². The highest BCUT2D eigenvalue weighted by atomic mass is 19.4. The zero-order valence-electron chi connectivity index (χ0n) is 22.3. The highest BCUT2D eigenvalue weighted by Gasteiger charge is 2.34. The van der Waals surface area contributed by atoms with Gasteiger partial charge in [0.1, 0.15) is 18.0 Å². The van der Waals surface area contributed by atoms with Gasteiger partial charge in [-0.05, 0) is 60.3 Å². The van der Waals surface area contributed by atoms with E-state index < -0.39 is 35.2 Å². The minimum absolute atomic E-state index is 0.103. The van der Waals surface area contributed by atoms with E-state index in [1.807, 2.05) is 0 Å². The van der Waals surface area contributed by atoms with Crippen LogP contribution in [0.1, 0.15) is 29.8 Å². The van der Waals surface area contributed by atoms with E-state index in [-0.39, 0.29) is 28.4 Å². The third-order valence-electron chi connectivity index (χ3n) is 7.06. The zero-order chi connectivity index (χ0) is 30.6. The minimum Gasteiger partial charge on any atom is -0.618 e. The molecule has 6 aromatic rings. The maximum Gasteiger partial charge on any atom is 0.418 e. The summed E-state index contributed by atoms with van der Waals surface area (Å²) in [7, 11) is 0. The third kappa shape index (κ3) is 5.04. The molecule has 0 saturated heterocycles. The molecule has 0 saturated carbocycles. The number of halogens is 6. The lowest BCUT2D eigenvalue weighted by Gasteiger charge is -2.22. The fourth-order valence-electron chi connectivity index (χ4n) is 4.99. The van der Waals surface area contributed by atoms with Crippen molar-refractivity contribution in [3.8, 4) is 22.6 Å². The Bertz CT molecular complexity index is 2030. The maximum absolute atomic E-state index is 14.9. The van der Waals surface area contributed by atoms with E-state index >= 15 is 0 Å². The molecule has 8 nitrogen and oxygen atoms in total. The molecule has 4 heterocycles. The highest BCUT2D eigenvalue weighted by molar-refractivity contribution is 5.99. The summed E-state index contributed by atoms with van der Waals surface area (Å²) in [6, 6.07) is 6.64. The topological polar surface area (TPSA) is 94.9 Å². The molecule has 0 fully saturated rings. The van der Waals surface area contributed by atoms with Crippen LogP contribution in [0.15, 0.2) is 67.4 Å². The first kappa shape index (κ1) is 27.9. The molecule has 1 atom stereocenters. The number of rotatable bonds is 5. The van der Waals surface area contributed by atoms with Crippen molar-refractivity contribution in [3.05, 3.63) is 107 Å². The van der Waals surface area contributed by atoms with Crippen molar-refractivity contribution < 1.29 is 31.1 Å². The second-order valence-electron chi connectivity index (χ2n) is 9.84. The molecule has 6 rings (SSSR count). The first-order valence-corrected chi connectivity index (χ1v) is 12.7. The van der Waals surface area contributed by atoms with Crippen molar-refractivity contribution in [2.75, 3.05) is 5.32 Å². The van der Waals surface area contributed by atoms with Gasteiger partial charge in [-0.2, -0.15) is 17.9 Å². The van der Waals surface area contributed by atoms with Gasteiger partial charge in [0.2, 0.25) is 11.9 Å². The fourth-order valence-corrected chi connectivity index (χ4v) is 4.99. The molecule has 0 aliphatic rings. The summed E-state index contributed by atoms with van der Waals surface area (Å²) in [6.45, 7) is 3.05. The number of fused-ring (bicyclic) bond motifs is 3. The number of aromatic nitrogens is 6. The molecule has 0 unspecified atom stereocenters. The van der Waals surface area contributed by atoms with Gasteiger partial charge in [0.15, 0.2) is 17.3 Å². The number of hydrogen-bond donors (Lipinski definition) is 1. The highest BCUT2D eigenvalue weighted by Crippen LogP contribution is 2.38. The van der Waals surface area contributed by atoms with Crippen LogP contribution >= 0.6 is 0 Å². The summed E-state index contributed by atoms with van der Waals surface area (Å²) < 4.78 is 85.3. The van der Waals surface area contributed by atoms with Crippen LogP contribution < -0.4 is 10.0 Å². The van der Waals surface area contributed by atoms with Crippen LogP contribution in [0, 0.1) is 29.6 Å². The van der Waals surface area contributed by atoms with Crippen LogP contribution in [0.3, 0.4) is 0 Å². The van der Waals surface area contributed by atoms with Crippen molar-refractivity contribution in [3.63, 3.8) is 0 Å². The molecule has 4 aromatic heterocycles. The molecular formula is C29H19F6N7O. The molecular weight excluding hydrogens is 576 g/mol. The van der Waals surface area contributed by atoms with Crippen molar-refractivity contribution >= 4 is 22.1 Å². The average molecular weight is 596 g/mol. The molecule has 1 N–H and O–H groups in total. The van der Waals surface area contributed by atoms with Gasteiger partial charge in [0.25, 0.3) is 0 Å². The molecule has 0 bridgehead atoms. The largest absolute Gasteiger partial charge is 0.618 e. The fraction of sp³-hybridized carbons (Fsp3) is 0.138. The Kier molecular flexibility index (Phi) is 6.63. The molecule has 0 aliphatic carbocycles. The minimum atomic E-state index is -4.83. The van der Waals surface area contributed by atoms with Crippen LogP contribution in [0.5, 0.6) is 0 Å². The summed E-state index contributed by atoms with van der Waals surface area (Å²) in [5.74, 6) is -2.35. The Morgan fingerprint density at radius 2 is 1.67 bits per heavy atom. The Labute approximate surface area is 238 Å². The van der Waals surface area contributed by atoms with Gasteiger partial charge in [0.05, 0.1) is 16.8 Å². The molecule has 0 radical (unpaired) electrons. The van der Waals surface area contributed by atoms with Crippen molar-refractivity contribution in [2.24, 2.45) is 0 Å². The van der Waals surface area contributed by atoms with Gasteiger partial charge in [-0.25, -0.2) is 23.1 Å². The number of nitrogens with one attached hydrogen (secondary N) is 1. The zero-order valence-corrected chi connectivity index (χ0v) is 22.3. The predicted molar refractivity (Wildman–Crippen MR) is 144 cm³/mol. The van der Waals surface area contributed by atoms with Gasteiger partial charge in [-0.3, -0.25) is 4.40 Å². The molecule has 14 heteroatoms. The summed E-state index contributed by atoms with van der Waals surface area (Å²) in [6.07, 6.45) is 0.249. The van der Waals surface area contributed by atoms with Gasteiger partial charge < -0.3 is 10.5 Å².